The second-order valence-electron chi connectivity index (χ2n) is 3.80. The summed E-state index contributed by atoms with van der Waals surface area (Å²) in [5, 5.41) is 2.74. The Morgan fingerprint density at radius 3 is 3.00 bits per heavy atom. The van der Waals surface area contributed by atoms with E-state index in [1.165, 1.54) is 18.4 Å². The molecule has 94 valence electrons. The van der Waals surface area contributed by atoms with Crippen molar-refractivity contribution in [1.82, 2.24) is 9.97 Å². The van der Waals surface area contributed by atoms with Crippen molar-refractivity contribution in [3.05, 3.63) is 34.9 Å². The first kappa shape index (κ1) is 12.7. The summed E-state index contributed by atoms with van der Waals surface area (Å²) in [6.07, 6.45) is 4.17. The number of thiazole rings is 1. The molecule has 18 heavy (non-hydrogen) atoms. The number of carbonyl (C=O) groups excluding carboxylic acids is 1. The summed E-state index contributed by atoms with van der Waals surface area (Å²) in [4.78, 5) is 20.2. The van der Waals surface area contributed by atoms with Gasteiger partial charge in [-0.25, -0.2) is 4.98 Å². The van der Waals surface area contributed by atoms with E-state index in [4.69, 9.17) is 4.74 Å². The van der Waals surface area contributed by atoms with Gasteiger partial charge in [-0.1, -0.05) is 6.92 Å². The van der Waals surface area contributed by atoms with E-state index in [1.807, 2.05) is 24.4 Å². The maximum atomic E-state index is 11.6. The van der Waals surface area contributed by atoms with Crippen LogP contribution in [-0.2, 0) is 9.53 Å². The van der Waals surface area contributed by atoms with Gasteiger partial charge in [-0.15, -0.1) is 11.3 Å². The van der Waals surface area contributed by atoms with E-state index in [2.05, 4.69) is 9.97 Å². The quantitative estimate of drug-likeness (QED) is 0.795. The van der Waals surface area contributed by atoms with Crippen molar-refractivity contribution in [3.8, 4) is 11.3 Å². The predicted molar refractivity (Wildman–Crippen MR) is 70.4 cm³/mol. The van der Waals surface area contributed by atoms with Crippen molar-refractivity contribution in [2.24, 2.45) is 0 Å². The normalized spacial score (nSPS) is 12.1. The van der Waals surface area contributed by atoms with Crippen molar-refractivity contribution in [1.29, 1.82) is 0 Å². The summed E-state index contributed by atoms with van der Waals surface area (Å²) < 4.78 is 4.79. The first-order valence-corrected chi connectivity index (χ1v) is 6.57. The van der Waals surface area contributed by atoms with Gasteiger partial charge in [0.2, 0.25) is 0 Å². The lowest BCUT2D eigenvalue weighted by atomic mass is 10.1. The highest BCUT2D eigenvalue weighted by Crippen LogP contribution is 2.28. The fraction of sp³-hybridized carbons (Fsp3) is 0.308. The third-order valence-corrected chi connectivity index (χ3v) is 3.63. The smallest absolute Gasteiger partial charge is 0.315 e. The number of methoxy groups -OCH3 is 1. The molecule has 0 bridgehead atoms. The van der Waals surface area contributed by atoms with Crippen molar-refractivity contribution < 1.29 is 9.53 Å². The van der Waals surface area contributed by atoms with Gasteiger partial charge in [-0.05, 0) is 18.6 Å². The van der Waals surface area contributed by atoms with E-state index in [0.29, 0.717) is 6.42 Å². The van der Waals surface area contributed by atoms with Gasteiger partial charge in [0.1, 0.15) is 10.9 Å². The molecule has 1 atom stereocenters. The summed E-state index contributed by atoms with van der Waals surface area (Å²) in [7, 11) is 1.40. The Morgan fingerprint density at radius 1 is 1.56 bits per heavy atom. The van der Waals surface area contributed by atoms with Crippen LogP contribution in [0.25, 0.3) is 11.3 Å². The first-order chi connectivity index (χ1) is 8.76. The molecule has 1 unspecified atom stereocenters. The Hall–Kier alpha value is -1.75. The van der Waals surface area contributed by atoms with Crippen LogP contribution in [0.2, 0.25) is 0 Å². The van der Waals surface area contributed by atoms with Crippen LogP contribution < -0.4 is 0 Å². The molecule has 5 heteroatoms. The van der Waals surface area contributed by atoms with E-state index < -0.39 is 0 Å². The van der Waals surface area contributed by atoms with Crippen molar-refractivity contribution >= 4 is 17.3 Å². The Balaban J connectivity index is 2.27. The summed E-state index contributed by atoms with van der Waals surface area (Å²) in [6.45, 7) is 1.95. The Kier molecular flexibility index (Phi) is 4.04. The molecule has 0 aromatic carbocycles. The van der Waals surface area contributed by atoms with Gasteiger partial charge in [-0.2, -0.15) is 0 Å². The van der Waals surface area contributed by atoms with Gasteiger partial charge in [0.05, 0.1) is 12.8 Å². The Labute approximate surface area is 110 Å². The minimum atomic E-state index is -0.273. The largest absolute Gasteiger partial charge is 0.468 e. The number of aromatic nitrogens is 2. The highest BCUT2D eigenvalue weighted by Gasteiger charge is 2.22. The minimum Gasteiger partial charge on any atom is -0.468 e. The third-order valence-electron chi connectivity index (χ3n) is 2.67. The van der Waals surface area contributed by atoms with Crippen molar-refractivity contribution in [2.75, 3.05) is 7.11 Å². The average Bonchev–Trinajstić information content (AvgIpc) is 2.90. The molecule has 0 aliphatic rings. The van der Waals surface area contributed by atoms with Gasteiger partial charge >= 0.3 is 5.97 Å². The monoisotopic (exact) mass is 262 g/mol. The van der Waals surface area contributed by atoms with Crippen LogP contribution in [0, 0.1) is 0 Å². The number of hydrogen-bond donors (Lipinski definition) is 0. The number of rotatable bonds is 4. The van der Waals surface area contributed by atoms with E-state index in [9.17, 15) is 4.79 Å². The van der Waals surface area contributed by atoms with Gasteiger partial charge in [0.25, 0.3) is 0 Å². The van der Waals surface area contributed by atoms with E-state index in [0.717, 1.165) is 16.3 Å². The molecule has 0 fully saturated rings. The van der Waals surface area contributed by atoms with E-state index in [-0.39, 0.29) is 11.9 Å². The standard InChI is InChI=1S/C13H14N2O2S/c1-3-10(13(16)17-2)12-15-11(8-18-12)9-5-4-6-14-7-9/h4-8,10H,3H2,1-2H3. The number of nitrogens with zero attached hydrogens (tertiary/aromatic N) is 2. The molecule has 0 saturated heterocycles. The predicted octanol–water partition coefficient (Wildman–Crippen LogP) is 2.87. The molecule has 0 aliphatic carbocycles. The molecule has 2 heterocycles. The van der Waals surface area contributed by atoms with Crippen LogP contribution in [0.5, 0.6) is 0 Å². The zero-order chi connectivity index (χ0) is 13.0. The fourth-order valence-electron chi connectivity index (χ4n) is 1.68. The average molecular weight is 262 g/mol. The number of esters is 1. The molecular weight excluding hydrogens is 248 g/mol. The summed E-state index contributed by atoms with van der Waals surface area (Å²) >= 11 is 1.48. The van der Waals surface area contributed by atoms with E-state index >= 15 is 0 Å². The molecule has 0 radical (unpaired) electrons. The van der Waals surface area contributed by atoms with Gasteiger partial charge in [0.15, 0.2) is 0 Å². The van der Waals surface area contributed by atoms with Crippen molar-refractivity contribution in [2.45, 2.75) is 19.3 Å². The second kappa shape index (κ2) is 5.73. The number of pyridine rings is 1. The second-order valence-corrected chi connectivity index (χ2v) is 4.69. The number of ether oxygens (including phenoxy) is 1. The lowest BCUT2D eigenvalue weighted by molar-refractivity contribution is -0.142. The van der Waals surface area contributed by atoms with Crippen LogP contribution >= 0.6 is 11.3 Å². The lowest BCUT2D eigenvalue weighted by Gasteiger charge is -2.08. The molecule has 2 rings (SSSR count). The number of hydrogen-bond acceptors (Lipinski definition) is 5. The SMILES string of the molecule is CCC(C(=O)OC)c1nc(-c2cccnc2)cs1. The Morgan fingerprint density at radius 2 is 2.39 bits per heavy atom. The van der Waals surface area contributed by atoms with Crippen LogP contribution in [0.3, 0.4) is 0 Å². The van der Waals surface area contributed by atoms with Crippen LogP contribution in [0.1, 0.15) is 24.3 Å². The molecule has 0 spiro atoms. The molecule has 0 N–H and O–H groups in total. The van der Waals surface area contributed by atoms with Crippen LogP contribution in [0.4, 0.5) is 0 Å². The van der Waals surface area contributed by atoms with Gasteiger partial charge in [0, 0.05) is 23.3 Å². The van der Waals surface area contributed by atoms with Crippen LogP contribution in [0.15, 0.2) is 29.9 Å². The molecule has 2 aromatic heterocycles. The maximum Gasteiger partial charge on any atom is 0.315 e. The fourth-order valence-corrected chi connectivity index (χ4v) is 2.68. The van der Waals surface area contributed by atoms with Crippen molar-refractivity contribution in [3.63, 3.8) is 0 Å². The maximum absolute atomic E-state index is 11.6. The topological polar surface area (TPSA) is 52.1 Å². The van der Waals surface area contributed by atoms with Gasteiger partial charge < -0.3 is 4.74 Å². The van der Waals surface area contributed by atoms with Crippen LogP contribution in [-0.4, -0.2) is 23.0 Å². The molecular formula is C13H14N2O2S. The lowest BCUT2D eigenvalue weighted by Crippen LogP contribution is -2.13. The molecule has 0 amide bonds. The minimum absolute atomic E-state index is 0.232. The highest BCUT2D eigenvalue weighted by atomic mass is 32.1. The Bertz CT molecular complexity index is 525. The van der Waals surface area contributed by atoms with Gasteiger partial charge in [-0.3, -0.25) is 9.78 Å². The zero-order valence-corrected chi connectivity index (χ0v) is 11.1. The summed E-state index contributed by atoms with van der Waals surface area (Å²) in [5.74, 6) is -0.505. The highest BCUT2D eigenvalue weighted by molar-refractivity contribution is 7.10. The molecule has 0 aliphatic heterocycles. The third kappa shape index (κ3) is 2.56. The number of carbonyl (C=O) groups is 1. The molecule has 0 saturated carbocycles. The molecule has 4 nitrogen and oxygen atoms in total. The summed E-state index contributed by atoms with van der Waals surface area (Å²) in [6, 6.07) is 3.82. The molecule has 2 aromatic rings. The summed E-state index contributed by atoms with van der Waals surface area (Å²) in [5.41, 5.74) is 1.81. The first-order valence-electron chi connectivity index (χ1n) is 5.70. The van der Waals surface area contributed by atoms with E-state index in [1.54, 1.807) is 12.4 Å². The zero-order valence-electron chi connectivity index (χ0n) is 10.3.